The van der Waals surface area contributed by atoms with Gasteiger partial charge in [0.25, 0.3) is 0 Å². The minimum absolute atomic E-state index is 0.0209. The molecule has 3 saturated heterocycles. The number of piperidine rings is 1. The highest BCUT2D eigenvalue weighted by Gasteiger charge is 2.51. The maximum Gasteiger partial charge on any atom is 0.226 e. The minimum atomic E-state index is -0.462. The molecule has 26 heavy (non-hydrogen) atoms. The molecule has 0 aromatic rings. The highest BCUT2D eigenvalue weighted by molar-refractivity contribution is 5.92. The molecule has 1 N–H and O–H groups in total. The van der Waals surface area contributed by atoms with Gasteiger partial charge in [0.2, 0.25) is 11.8 Å². The topological polar surface area (TPSA) is 80.3 Å². The number of carbonyl (C=O) groups excluding carboxylic acids is 2. The Morgan fingerprint density at radius 3 is 2.35 bits per heavy atom. The van der Waals surface area contributed by atoms with Crippen molar-refractivity contribution in [2.45, 2.75) is 25.0 Å². The third kappa shape index (κ3) is 4.03. The molecule has 8 nitrogen and oxygen atoms in total. The quantitative estimate of drug-likeness (QED) is 0.702. The summed E-state index contributed by atoms with van der Waals surface area (Å²) >= 11 is 0. The summed E-state index contributed by atoms with van der Waals surface area (Å²) in [6, 6.07) is 0. The average molecular weight is 367 g/mol. The first-order valence-corrected chi connectivity index (χ1v) is 9.81. The number of amides is 2. The van der Waals surface area contributed by atoms with Crippen LogP contribution >= 0.6 is 0 Å². The molecule has 2 amide bonds. The van der Waals surface area contributed by atoms with Crippen LogP contribution in [0.1, 0.15) is 19.3 Å². The summed E-state index contributed by atoms with van der Waals surface area (Å²) in [6.07, 6.45) is 2.13. The molecule has 8 heteroatoms. The van der Waals surface area contributed by atoms with Gasteiger partial charge in [0.15, 0.2) is 5.79 Å². The summed E-state index contributed by atoms with van der Waals surface area (Å²) in [5, 5.41) is 2.99. The van der Waals surface area contributed by atoms with Crippen LogP contribution in [0.15, 0.2) is 0 Å². The lowest BCUT2D eigenvalue weighted by molar-refractivity contribution is -0.187. The first-order chi connectivity index (χ1) is 12.7. The Hall–Kier alpha value is -1.22. The number of morpholine rings is 1. The van der Waals surface area contributed by atoms with Gasteiger partial charge in [0.05, 0.1) is 38.3 Å². The number of ether oxygens (including phenoxy) is 3. The normalized spacial score (nSPS) is 31.2. The second-order valence-corrected chi connectivity index (χ2v) is 7.63. The predicted octanol–water partition coefficient (Wildman–Crippen LogP) is -0.564. The fraction of sp³-hybridized carbons (Fsp3) is 0.889. The van der Waals surface area contributed by atoms with E-state index >= 15 is 0 Å². The second kappa shape index (κ2) is 7.80. The molecule has 2 unspecified atom stereocenters. The first-order valence-electron chi connectivity index (χ1n) is 9.81. The number of nitrogens with zero attached hydrogens (tertiary/aromatic N) is 2. The molecule has 0 bridgehead atoms. The molecule has 0 aromatic carbocycles. The van der Waals surface area contributed by atoms with Crippen molar-refractivity contribution in [1.82, 2.24) is 15.1 Å². The lowest BCUT2D eigenvalue weighted by atomic mass is 10.0. The molecule has 1 aliphatic carbocycles. The highest BCUT2D eigenvalue weighted by atomic mass is 16.7. The van der Waals surface area contributed by atoms with E-state index in [1.165, 1.54) is 0 Å². The van der Waals surface area contributed by atoms with E-state index in [1.54, 1.807) is 0 Å². The second-order valence-electron chi connectivity index (χ2n) is 7.63. The van der Waals surface area contributed by atoms with E-state index in [-0.39, 0.29) is 23.7 Å². The summed E-state index contributed by atoms with van der Waals surface area (Å²) in [5.74, 6) is -0.616. The van der Waals surface area contributed by atoms with Crippen LogP contribution in [-0.2, 0) is 23.8 Å². The Balaban J connectivity index is 1.16. The van der Waals surface area contributed by atoms with E-state index in [0.717, 1.165) is 45.7 Å². The van der Waals surface area contributed by atoms with Gasteiger partial charge in [0.1, 0.15) is 0 Å². The van der Waals surface area contributed by atoms with Crippen molar-refractivity contribution < 1.29 is 23.8 Å². The van der Waals surface area contributed by atoms with E-state index in [1.807, 2.05) is 4.90 Å². The molecule has 146 valence electrons. The number of hydrogen-bond acceptors (Lipinski definition) is 6. The van der Waals surface area contributed by atoms with Crippen LogP contribution in [0.2, 0.25) is 0 Å². The lowest BCUT2D eigenvalue weighted by Gasteiger charge is -2.37. The molecule has 3 heterocycles. The van der Waals surface area contributed by atoms with Crippen LogP contribution in [0, 0.1) is 11.8 Å². The number of likely N-dealkylation sites (tertiary alicyclic amines) is 1. The molecule has 0 aromatic heterocycles. The minimum Gasteiger partial charge on any atom is -0.379 e. The zero-order valence-corrected chi connectivity index (χ0v) is 15.3. The van der Waals surface area contributed by atoms with E-state index < -0.39 is 5.79 Å². The standard InChI is InChI=1S/C18H29N3O5/c22-16(19-3-6-20-7-9-24-10-8-20)14-13-15(14)17(23)21-4-1-18(2-5-21)25-11-12-26-18/h14-15H,1-13H2,(H,19,22). The Morgan fingerprint density at radius 1 is 0.962 bits per heavy atom. The van der Waals surface area contributed by atoms with Gasteiger partial charge >= 0.3 is 0 Å². The van der Waals surface area contributed by atoms with Crippen molar-refractivity contribution in [3.63, 3.8) is 0 Å². The van der Waals surface area contributed by atoms with Gasteiger partial charge in [-0.2, -0.15) is 0 Å². The summed E-state index contributed by atoms with van der Waals surface area (Å²) in [5.41, 5.74) is 0. The van der Waals surface area contributed by atoms with Crippen molar-refractivity contribution >= 4 is 11.8 Å². The summed E-state index contributed by atoms with van der Waals surface area (Å²) < 4.78 is 16.7. The molecule has 3 aliphatic heterocycles. The van der Waals surface area contributed by atoms with Gasteiger partial charge in [-0.3, -0.25) is 14.5 Å². The number of nitrogens with one attached hydrogen (secondary N) is 1. The van der Waals surface area contributed by atoms with Gasteiger partial charge in [-0.15, -0.1) is 0 Å². The third-order valence-corrected chi connectivity index (χ3v) is 5.93. The molecular weight excluding hydrogens is 338 g/mol. The monoisotopic (exact) mass is 367 g/mol. The van der Waals surface area contributed by atoms with E-state index in [4.69, 9.17) is 14.2 Å². The van der Waals surface area contributed by atoms with Crippen molar-refractivity contribution in [2.24, 2.45) is 11.8 Å². The van der Waals surface area contributed by atoms with Gasteiger partial charge in [-0.05, 0) is 6.42 Å². The van der Waals surface area contributed by atoms with Gasteiger partial charge in [-0.25, -0.2) is 0 Å². The van der Waals surface area contributed by atoms with Crippen LogP contribution in [0.3, 0.4) is 0 Å². The predicted molar refractivity (Wildman–Crippen MR) is 92.3 cm³/mol. The van der Waals surface area contributed by atoms with E-state index in [9.17, 15) is 9.59 Å². The molecule has 0 radical (unpaired) electrons. The summed E-state index contributed by atoms with van der Waals surface area (Å²) in [7, 11) is 0. The molecule has 1 saturated carbocycles. The Labute approximate surface area is 154 Å². The molecule has 4 rings (SSSR count). The van der Waals surface area contributed by atoms with Crippen molar-refractivity contribution in [3.05, 3.63) is 0 Å². The van der Waals surface area contributed by atoms with E-state index in [0.29, 0.717) is 39.3 Å². The Morgan fingerprint density at radius 2 is 1.65 bits per heavy atom. The zero-order chi connectivity index (χ0) is 18.0. The Bertz CT molecular complexity index is 521. The van der Waals surface area contributed by atoms with Crippen LogP contribution < -0.4 is 5.32 Å². The van der Waals surface area contributed by atoms with Crippen LogP contribution in [0.4, 0.5) is 0 Å². The van der Waals surface area contributed by atoms with Crippen molar-refractivity contribution in [2.75, 3.05) is 65.7 Å². The van der Waals surface area contributed by atoms with Crippen molar-refractivity contribution in [3.8, 4) is 0 Å². The van der Waals surface area contributed by atoms with Crippen LogP contribution in [0.25, 0.3) is 0 Å². The summed E-state index contributed by atoms with van der Waals surface area (Å²) in [4.78, 5) is 29.1. The molecule has 2 atom stereocenters. The van der Waals surface area contributed by atoms with Gasteiger partial charge in [0, 0.05) is 52.1 Å². The SMILES string of the molecule is O=C(NCCN1CCOCC1)C1CC1C(=O)N1CCC2(CC1)OCCO2. The molecule has 4 fully saturated rings. The number of rotatable bonds is 5. The highest BCUT2D eigenvalue weighted by Crippen LogP contribution is 2.41. The number of carbonyl (C=O) groups is 2. The van der Waals surface area contributed by atoms with E-state index in [2.05, 4.69) is 10.2 Å². The fourth-order valence-electron chi connectivity index (χ4n) is 4.14. The first kappa shape index (κ1) is 18.2. The Kier molecular flexibility index (Phi) is 5.45. The van der Waals surface area contributed by atoms with Crippen molar-refractivity contribution in [1.29, 1.82) is 0 Å². The van der Waals surface area contributed by atoms with Crippen LogP contribution in [0.5, 0.6) is 0 Å². The zero-order valence-electron chi connectivity index (χ0n) is 15.3. The maximum absolute atomic E-state index is 12.6. The van der Waals surface area contributed by atoms with Gasteiger partial charge in [-0.1, -0.05) is 0 Å². The molecular formula is C18H29N3O5. The smallest absolute Gasteiger partial charge is 0.226 e. The maximum atomic E-state index is 12.6. The summed E-state index contributed by atoms with van der Waals surface area (Å²) in [6.45, 7) is 7.44. The van der Waals surface area contributed by atoms with Crippen LogP contribution in [-0.4, -0.2) is 93.1 Å². The third-order valence-electron chi connectivity index (χ3n) is 5.93. The number of hydrogen-bond donors (Lipinski definition) is 1. The average Bonchev–Trinajstić information content (AvgIpc) is 3.36. The fourth-order valence-corrected chi connectivity index (χ4v) is 4.14. The molecule has 4 aliphatic rings. The largest absolute Gasteiger partial charge is 0.379 e. The lowest BCUT2D eigenvalue weighted by Crippen LogP contribution is -2.48. The van der Waals surface area contributed by atoms with Gasteiger partial charge < -0.3 is 24.4 Å². The molecule has 1 spiro atoms.